The van der Waals surface area contributed by atoms with Crippen LogP contribution in [-0.2, 0) is 4.74 Å². The number of likely N-dealkylation sites (N-methyl/N-ethyl adjacent to an activating group) is 2. The molecular weight excluding hydrogens is 238 g/mol. The van der Waals surface area contributed by atoms with Gasteiger partial charge in [0.25, 0.3) is 0 Å². The van der Waals surface area contributed by atoms with Gasteiger partial charge >= 0.3 is 0 Å². The van der Waals surface area contributed by atoms with Gasteiger partial charge in [0.15, 0.2) is 0 Å². The monoisotopic (exact) mass is 269 g/mol. The average Bonchev–Trinajstić information content (AvgIpc) is 2.92. The van der Waals surface area contributed by atoms with Crippen LogP contribution >= 0.6 is 0 Å². The molecule has 2 saturated heterocycles. The highest BCUT2D eigenvalue weighted by atomic mass is 16.5. The maximum Gasteiger partial charge on any atom is 0.0510 e. The van der Waals surface area contributed by atoms with Crippen molar-refractivity contribution in [1.82, 2.24) is 15.1 Å². The SMILES string of the molecule is CCNC(CN1CCCC(N(C)C)C1)C1CCOC1. The van der Waals surface area contributed by atoms with Gasteiger partial charge in [-0.3, -0.25) is 0 Å². The molecule has 2 aliphatic heterocycles. The van der Waals surface area contributed by atoms with Crippen LogP contribution in [0.4, 0.5) is 0 Å². The minimum absolute atomic E-state index is 0.605. The van der Waals surface area contributed by atoms with E-state index in [-0.39, 0.29) is 0 Å². The summed E-state index contributed by atoms with van der Waals surface area (Å²) < 4.78 is 5.57. The molecule has 19 heavy (non-hydrogen) atoms. The minimum atomic E-state index is 0.605. The van der Waals surface area contributed by atoms with E-state index in [1.54, 1.807) is 0 Å². The number of nitrogens with zero attached hydrogens (tertiary/aromatic N) is 2. The van der Waals surface area contributed by atoms with Crippen LogP contribution < -0.4 is 5.32 Å². The highest BCUT2D eigenvalue weighted by Crippen LogP contribution is 2.20. The fraction of sp³-hybridized carbons (Fsp3) is 1.00. The third-order valence-electron chi connectivity index (χ3n) is 4.67. The molecule has 3 unspecified atom stereocenters. The summed E-state index contributed by atoms with van der Waals surface area (Å²) in [5, 5.41) is 3.68. The predicted octanol–water partition coefficient (Wildman–Crippen LogP) is 1.03. The molecule has 0 aliphatic carbocycles. The summed E-state index contributed by atoms with van der Waals surface area (Å²) in [5.41, 5.74) is 0. The van der Waals surface area contributed by atoms with E-state index in [2.05, 4.69) is 36.1 Å². The van der Waals surface area contributed by atoms with Gasteiger partial charge in [-0.1, -0.05) is 6.92 Å². The van der Waals surface area contributed by atoms with Crippen LogP contribution in [0.3, 0.4) is 0 Å². The lowest BCUT2D eigenvalue weighted by molar-refractivity contribution is 0.109. The number of hydrogen-bond acceptors (Lipinski definition) is 4. The first-order valence-corrected chi connectivity index (χ1v) is 7.90. The molecule has 2 aliphatic rings. The molecule has 112 valence electrons. The number of ether oxygens (including phenoxy) is 1. The predicted molar refractivity (Wildman–Crippen MR) is 79.5 cm³/mol. The van der Waals surface area contributed by atoms with E-state index in [1.165, 1.54) is 38.9 Å². The normalized spacial score (nSPS) is 30.9. The number of rotatable bonds is 6. The van der Waals surface area contributed by atoms with E-state index in [1.807, 2.05) is 0 Å². The van der Waals surface area contributed by atoms with E-state index in [9.17, 15) is 0 Å². The van der Waals surface area contributed by atoms with Crippen LogP contribution in [0.15, 0.2) is 0 Å². The summed E-state index contributed by atoms with van der Waals surface area (Å²) in [6.45, 7) is 8.84. The molecule has 0 bridgehead atoms. The zero-order valence-corrected chi connectivity index (χ0v) is 12.9. The van der Waals surface area contributed by atoms with Crippen LogP contribution in [0, 0.1) is 5.92 Å². The van der Waals surface area contributed by atoms with Crippen molar-refractivity contribution in [1.29, 1.82) is 0 Å². The quantitative estimate of drug-likeness (QED) is 0.779. The van der Waals surface area contributed by atoms with Gasteiger partial charge in [-0.2, -0.15) is 0 Å². The molecule has 3 atom stereocenters. The summed E-state index contributed by atoms with van der Waals surface area (Å²) in [4.78, 5) is 5.03. The second-order valence-corrected chi connectivity index (χ2v) is 6.31. The summed E-state index contributed by atoms with van der Waals surface area (Å²) in [7, 11) is 4.42. The lowest BCUT2D eigenvalue weighted by Gasteiger charge is -2.38. The van der Waals surface area contributed by atoms with Crippen molar-refractivity contribution in [3.8, 4) is 0 Å². The number of nitrogens with one attached hydrogen (secondary N) is 1. The molecule has 2 fully saturated rings. The minimum Gasteiger partial charge on any atom is -0.381 e. The standard InChI is InChI=1S/C15H31N3O/c1-4-16-15(13-7-9-19-12-13)11-18-8-5-6-14(10-18)17(2)3/h13-16H,4-12H2,1-3H3. The van der Waals surface area contributed by atoms with Gasteiger partial charge in [0.2, 0.25) is 0 Å². The zero-order chi connectivity index (χ0) is 13.7. The highest BCUT2D eigenvalue weighted by molar-refractivity contribution is 4.85. The first-order chi connectivity index (χ1) is 9.20. The van der Waals surface area contributed by atoms with Gasteiger partial charge in [0, 0.05) is 37.7 Å². The number of piperidine rings is 1. The fourth-order valence-corrected chi connectivity index (χ4v) is 3.41. The Morgan fingerprint density at radius 2 is 2.21 bits per heavy atom. The molecule has 0 aromatic rings. The van der Waals surface area contributed by atoms with E-state index in [0.717, 1.165) is 25.8 Å². The molecule has 0 radical (unpaired) electrons. The Labute approximate surface area is 118 Å². The second-order valence-electron chi connectivity index (χ2n) is 6.31. The Hall–Kier alpha value is -0.160. The third kappa shape index (κ3) is 4.42. The van der Waals surface area contributed by atoms with E-state index in [4.69, 9.17) is 4.74 Å². The van der Waals surface area contributed by atoms with Crippen molar-refractivity contribution in [2.24, 2.45) is 5.92 Å². The first-order valence-electron chi connectivity index (χ1n) is 7.90. The van der Waals surface area contributed by atoms with Gasteiger partial charge in [0.1, 0.15) is 0 Å². The van der Waals surface area contributed by atoms with Crippen molar-refractivity contribution in [3.63, 3.8) is 0 Å². The van der Waals surface area contributed by atoms with Crippen LogP contribution in [-0.4, -0.2) is 75.4 Å². The van der Waals surface area contributed by atoms with E-state index >= 15 is 0 Å². The number of likely N-dealkylation sites (tertiary alicyclic amines) is 1. The summed E-state index contributed by atoms with van der Waals surface area (Å²) in [6.07, 6.45) is 3.91. The molecule has 0 aromatic heterocycles. The van der Waals surface area contributed by atoms with Crippen LogP contribution in [0.1, 0.15) is 26.2 Å². The Morgan fingerprint density at radius 1 is 1.37 bits per heavy atom. The molecule has 0 aromatic carbocycles. The molecule has 1 N–H and O–H groups in total. The summed E-state index contributed by atoms with van der Waals surface area (Å²) >= 11 is 0. The lowest BCUT2D eigenvalue weighted by Crippen LogP contribution is -2.51. The highest BCUT2D eigenvalue weighted by Gasteiger charge is 2.29. The topological polar surface area (TPSA) is 27.7 Å². The fourth-order valence-electron chi connectivity index (χ4n) is 3.41. The van der Waals surface area contributed by atoms with Crippen LogP contribution in [0.25, 0.3) is 0 Å². The largest absolute Gasteiger partial charge is 0.381 e. The molecule has 0 spiro atoms. The zero-order valence-electron chi connectivity index (χ0n) is 12.9. The Kier molecular flexibility index (Phi) is 6.07. The average molecular weight is 269 g/mol. The summed E-state index contributed by atoms with van der Waals surface area (Å²) in [6, 6.07) is 1.34. The molecule has 0 amide bonds. The van der Waals surface area contributed by atoms with Gasteiger partial charge in [-0.05, 0) is 46.4 Å². The van der Waals surface area contributed by atoms with Crippen molar-refractivity contribution < 1.29 is 4.74 Å². The Morgan fingerprint density at radius 3 is 2.84 bits per heavy atom. The van der Waals surface area contributed by atoms with Crippen LogP contribution in [0.2, 0.25) is 0 Å². The second kappa shape index (κ2) is 7.58. The number of hydrogen-bond donors (Lipinski definition) is 1. The maximum atomic E-state index is 5.57. The van der Waals surface area contributed by atoms with E-state index in [0.29, 0.717) is 12.0 Å². The molecule has 2 heterocycles. The van der Waals surface area contributed by atoms with Gasteiger partial charge in [0.05, 0.1) is 6.61 Å². The third-order valence-corrected chi connectivity index (χ3v) is 4.67. The molecule has 4 nitrogen and oxygen atoms in total. The van der Waals surface area contributed by atoms with E-state index < -0.39 is 0 Å². The van der Waals surface area contributed by atoms with Crippen molar-refractivity contribution >= 4 is 0 Å². The van der Waals surface area contributed by atoms with Gasteiger partial charge < -0.3 is 19.9 Å². The molecular formula is C15H31N3O. The van der Waals surface area contributed by atoms with Crippen molar-refractivity contribution in [2.45, 2.75) is 38.3 Å². The maximum absolute atomic E-state index is 5.57. The van der Waals surface area contributed by atoms with Crippen molar-refractivity contribution in [3.05, 3.63) is 0 Å². The van der Waals surface area contributed by atoms with Gasteiger partial charge in [-0.25, -0.2) is 0 Å². The molecule has 0 saturated carbocycles. The summed E-state index contributed by atoms with van der Waals surface area (Å²) in [5.74, 6) is 0.708. The first kappa shape index (κ1) is 15.2. The Balaban J connectivity index is 1.85. The lowest BCUT2D eigenvalue weighted by atomic mass is 9.96. The molecule has 4 heteroatoms. The van der Waals surface area contributed by atoms with Crippen molar-refractivity contribution in [2.75, 3.05) is 53.5 Å². The smallest absolute Gasteiger partial charge is 0.0510 e. The molecule has 2 rings (SSSR count). The van der Waals surface area contributed by atoms with Crippen LogP contribution in [0.5, 0.6) is 0 Å². The Bertz CT molecular complexity index is 254. The van der Waals surface area contributed by atoms with Gasteiger partial charge in [-0.15, -0.1) is 0 Å².